The predicted octanol–water partition coefficient (Wildman–Crippen LogP) is 1.01. The van der Waals surface area contributed by atoms with Gasteiger partial charge in [0.1, 0.15) is 12.2 Å². The summed E-state index contributed by atoms with van der Waals surface area (Å²) >= 11 is 4.36. The Balaban J connectivity index is 1.76. The summed E-state index contributed by atoms with van der Waals surface area (Å²) in [5.74, 6) is 0.795. The Kier molecular flexibility index (Phi) is 5.17. The topological polar surface area (TPSA) is 59.8 Å². The van der Waals surface area contributed by atoms with Gasteiger partial charge in [-0.3, -0.25) is 4.79 Å². The number of carbonyl (C=O) groups excluding carboxylic acids is 1. The summed E-state index contributed by atoms with van der Waals surface area (Å²) in [6.45, 7) is 0.539. The molecule has 2 rings (SSSR count). The van der Waals surface area contributed by atoms with Crippen molar-refractivity contribution in [3.05, 3.63) is 48.0 Å². The van der Waals surface area contributed by atoms with Crippen molar-refractivity contribution in [1.29, 1.82) is 0 Å². The lowest BCUT2D eigenvalue weighted by molar-refractivity contribution is -0.120. The molecule has 106 valence electrons. The van der Waals surface area contributed by atoms with Crippen molar-refractivity contribution < 1.29 is 4.79 Å². The van der Waals surface area contributed by atoms with E-state index in [9.17, 15) is 4.79 Å². The smallest absolute Gasteiger partial charge is 0.233 e. The van der Waals surface area contributed by atoms with Crippen LogP contribution in [0.3, 0.4) is 0 Å². The molecule has 1 aromatic heterocycles. The SMILES string of the molecule is Cn1cnnc1CCNC(=O)C(S)Cc1ccccc1. The molecule has 0 bridgehead atoms. The van der Waals surface area contributed by atoms with E-state index in [0.717, 1.165) is 11.4 Å². The predicted molar refractivity (Wildman–Crippen MR) is 80.6 cm³/mol. The molecule has 1 heterocycles. The summed E-state index contributed by atoms with van der Waals surface area (Å²) in [6, 6.07) is 9.87. The monoisotopic (exact) mass is 290 g/mol. The van der Waals surface area contributed by atoms with Crippen LogP contribution in [0, 0.1) is 0 Å². The summed E-state index contributed by atoms with van der Waals surface area (Å²) in [7, 11) is 1.88. The van der Waals surface area contributed by atoms with Gasteiger partial charge < -0.3 is 9.88 Å². The summed E-state index contributed by atoms with van der Waals surface area (Å²) in [5, 5.41) is 10.3. The molecular formula is C14H18N4OS. The van der Waals surface area contributed by atoms with Crippen molar-refractivity contribution in [3.8, 4) is 0 Å². The quantitative estimate of drug-likeness (QED) is 0.781. The van der Waals surface area contributed by atoms with Crippen molar-refractivity contribution in [2.45, 2.75) is 18.1 Å². The minimum Gasteiger partial charge on any atom is -0.355 e. The van der Waals surface area contributed by atoms with E-state index in [1.165, 1.54) is 0 Å². The van der Waals surface area contributed by atoms with Crippen LogP contribution in [0.15, 0.2) is 36.7 Å². The van der Waals surface area contributed by atoms with Crippen LogP contribution in [-0.4, -0.2) is 32.5 Å². The average molecular weight is 290 g/mol. The van der Waals surface area contributed by atoms with E-state index in [2.05, 4.69) is 28.1 Å². The van der Waals surface area contributed by atoms with Crippen molar-refractivity contribution in [2.75, 3.05) is 6.54 Å². The summed E-state index contributed by atoms with van der Waals surface area (Å²) in [4.78, 5) is 11.9. The largest absolute Gasteiger partial charge is 0.355 e. The van der Waals surface area contributed by atoms with Crippen molar-refractivity contribution in [1.82, 2.24) is 20.1 Å². The van der Waals surface area contributed by atoms with Crippen molar-refractivity contribution >= 4 is 18.5 Å². The van der Waals surface area contributed by atoms with Crippen LogP contribution in [0.1, 0.15) is 11.4 Å². The van der Waals surface area contributed by atoms with Gasteiger partial charge in [-0.15, -0.1) is 10.2 Å². The van der Waals surface area contributed by atoms with Gasteiger partial charge in [-0.05, 0) is 12.0 Å². The zero-order valence-corrected chi connectivity index (χ0v) is 12.3. The number of hydrogen-bond acceptors (Lipinski definition) is 4. The van der Waals surface area contributed by atoms with E-state index in [0.29, 0.717) is 19.4 Å². The Morgan fingerprint density at radius 2 is 2.15 bits per heavy atom. The number of aromatic nitrogens is 3. The molecule has 0 saturated heterocycles. The molecule has 5 nitrogen and oxygen atoms in total. The molecule has 6 heteroatoms. The number of aryl methyl sites for hydroxylation is 1. The lowest BCUT2D eigenvalue weighted by Gasteiger charge is -2.11. The molecular weight excluding hydrogens is 272 g/mol. The zero-order valence-electron chi connectivity index (χ0n) is 11.4. The molecule has 1 unspecified atom stereocenters. The second-order valence-corrected chi connectivity index (χ2v) is 5.23. The van der Waals surface area contributed by atoms with E-state index in [-0.39, 0.29) is 11.2 Å². The molecule has 0 spiro atoms. The van der Waals surface area contributed by atoms with Gasteiger partial charge in [0.2, 0.25) is 5.91 Å². The average Bonchev–Trinajstić information content (AvgIpc) is 2.85. The number of rotatable bonds is 6. The maximum atomic E-state index is 11.9. The van der Waals surface area contributed by atoms with Crippen LogP contribution in [-0.2, 0) is 24.7 Å². The molecule has 0 radical (unpaired) electrons. The highest BCUT2D eigenvalue weighted by Gasteiger charge is 2.14. The van der Waals surface area contributed by atoms with Crippen LogP contribution in [0.25, 0.3) is 0 Å². The number of hydrogen-bond donors (Lipinski definition) is 2. The maximum Gasteiger partial charge on any atom is 0.233 e. The Hall–Kier alpha value is -1.82. The number of amides is 1. The number of thiol groups is 1. The van der Waals surface area contributed by atoms with Crippen LogP contribution in [0.5, 0.6) is 0 Å². The number of carbonyl (C=O) groups is 1. The second kappa shape index (κ2) is 7.09. The Bertz CT molecular complexity index is 555. The Labute approximate surface area is 123 Å². The van der Waals surface area contributed by atoms with Gasteiger partial charge in [0.05, 0.1) is 5.25 Å². The van der Waals surface area contributed by atoms with E-state index in [1.54, 1.807) is 6.33 Å². The van der Waals surface area contributed by atoms with E-state index in [1.807, 2.05) is 41.9 Å². The third-order valence-electron chi connectivity index (χ3n) is 3.03. The standard InChI is InChI=1S/C14H18N4OS/c1-18-10-16-17-13(18)7-8-15-14(19)12(20)9-11-5-3-2-4-6-11/h2-6,10,12,20H,7-9H2,1H3,(H,15,19). The van der Waals surface area contributed by atoms with Gasteiger partial charge >= 0.3 is 0 Å². The zero-order chi connectivity index (χ0) is 14.4. The molecule has 1 atom stereocenters. The number of nitrogens with zero attached hydrogens (tertiary/aromatic N) is 3. The first-order valence-electron chi connectivity index (χ1n) is 6.49. The molecule has 20 heavy (non-hydrogen) atoms. The fraction of sp³-hybridized carbons (Fsp3) is 0.357. The maximum absolute atomic E-state index is 11.9. The van der Waals surface area contributed by atoms with Crippen LogP contribution in [0.2, 0.25) is 0 Å². The number of benzene rings is 1. The van der Waals surface area contributed by atoms with Gasteiger partial charge in [0.15, 0.2) is 0 Å². The first-order valence-corrected chi connectivity index (χ1v) is 7.01. The molecule has 0 aliphatic rings. The first kappa shape index (κ1) is 14.6. The molecule has 0 fully saturated rings. The highest BCUT2D eigenvalue weighted by molar-refractivity contribution is 7.81. The molecule has 1 N–H and O–H groups in total. The molecule has 0 aliphatic heterocycles. The minimum atomic E-state index is -0.336. The van der Waals surface area contributed by atoms with Crippen LogP contribution >= 0.6 is 12.6 Å². The fourth-order valence-electron chi connectivity index (χ4n) is 1.88. The van der Waals surface area contributed by atoms with Gasteiger partial charge in [-0.1, -0.05) is 30.3 Å². The third-order valence-corrected chi connectivity index (χ3v) is 3.44. The van der Waals surface area contributed by atoms with Gasteiger partial charge in [-0.2, -0.15) is 12.6 Å². The Morgan fingerprint density at radius 1 is 1.40 bits per heavy atom. The summed E-state index contributed by atoms with van der Waals surface area (Å²) in [6.07, 6.45) is 2.93. The third kappa shape index (κ3) is 4.09. The van der Waals surface area contributed by atoms with E-state index in [4.69, 9.17) is 0 Å². The van der Waals surface area contributed by atoms with Crippen molar-refractivity contribution in [3.63, 3.8) is 0 Å². The fourth-order valence-corrected chi connectivity index (χ4v) is 2.18. The highest BCUT2D eigenvalue weighted by Crippen LogP contribution is 2.07. The van der Waals surface area contributed by atoms with Gasteiger partial charge in [0.25, 0.3) is 0 Å². The lowest BCUT2D eigenvalue weighted by Crippen LogP contribution is -2.34. The molecule has 1 aromatic carbocycles. The summed E-state index contributed by atoms with van der Waals surface area (Å²) < 4.78 is 1.84. The molecule has 0 saturated carbocycles. The highest BCUT2D eigenvalue weighted by atomic mass is 32.1. The van der Waals surface area contributed by atoms with E-state index >= 15 is 0 Å². The number of nitrogens with one attached hydrogen (secondary N) is 1. The first-order chi connectivity index (χ1) is 9.66. The van der Waals surface area contributed by atoms with Crippen LogP contribution < -0.4 is 5.32 Å². The second-order valence-electron chi connectivity index (χ2n) is 4.60. The molecule has 2 aromatic rings. The molecule has 0 aliphatic carbocycles. The van der Waals surface area contributed by atoms with Crippen molar-refractivity contribution in [2.24, 2.45) is 7.05 Å². The normalized spacial score (nSPS) is 12.1. The van der Waals surface area contributed by atoms with Gasteiger partial charge in [-0.25, -0.2) is 0 Å². The van der Waals surface area contributed by atoms with Gasteiger partial charge in [0, 0.05) is 20.0 Å². The lowest BCUT2D eigenvalue weighted by atomic mass is 10.1. The molecule has 1 amide bonds. The van der Waals surface area contributed by atoms with E-state index < -0.39 is 0 Å². The minimum absolute atomic E-state index is 0.0562. The van der Waals surface area contributed by atoms with Crippen LogP contribution in [0.4, 0.5) is 0 Å². The Morgan fingerprint density at radius 3 is 2.80 bits per heavy atom. The summed E-state index contributed by atoms with van der Waals surface area (Å²) in [5.41, 5.74) is 1.11.